The topological polar surface area (TPSA) is 107 Å². The summed E-state index contributed by atoms with van der Waals surface area (Å²) in [6.07, 6.45) is 3.06. The Morgan fingerprint density at radius 2 is 2.14 bits per heavy atom. The minimum Gasteiger partial charge on any atom is -0.290 e. The van der Waals surface area contributed by atoms with E-state index >= 15 is 0 Å². The first-order valence-electron chi connectivity index (χ1n) is 6.19. The number of rotatable bonds is 3. The minimum absolute atomic E-state index is 0.227. The van der Waals surface area contributed by atoms with Crippen molar-refractivity contribution in [2.45, 2.75) is 6.54 Å². The second kappa shape index (κ2) is 5.17. The number of nitrogen functional groups attached to an aromatic ring is 1. The molecule has 106 valence electrons. The van der Waals surface area contributed by atoms with Gasteiger partial charge in [0.05, 0.1) is 17.8 Å². The third-order valence-electron chi connectivity index (χ3n) is 3.02. The van der Waals surface area contributed by atoms with Gasteiger partial charge in [0.2, 0.25) is 0 Å². The summed E-state index contributed by atoms with van der Waals surface area (Å²) >= 11 is 0. The Labute approximate surface area is 118 Å². The number of carbonyl (C=O) groups is 1. The predicted octanol–water partition coefficient (Wildman–Crippen LogP) is -0.457. The van der Waals surface area contributed by atoms with Gasteiger partial charge in [-0.1, -0.05) is 6.07 Å². The van der Waals surface area contributed by atoms with Gasteiger partial charge in [-0.05, 0) is 24.3 Å². The number of amides is 1. The zero-order chi connectivity index (χ0) is 14.8. The quantitative estimate of drug-likeness (QED) is 0.384. The van der Waals surface area contributed by atoms with Crippen molar-refractivity contribution in [1.82, 2.24) is 24.6 Å². The molecule has 0 aliphatic carbocycles. The molecule has 21 heavy (non-hydrogen) atoms. The lowest BCUT2D eigenvalue weighted by atomic mass is 10.2. The van der Waals surface area contributed by atoms with E-state index in [0.717, 1.165) is 0 Å². The summed E-state index contributed by atoms with van der Waals surface area (Å²) in [5, 5.41) is 4.21. The standard InChI is InChI=1S/C13H12N6O2/c14-16-12(20)9-4-5-10(15-7-9)8-19-13(21)18-6-2-1-3-11(18)17-19/h1-7H,8,14H2,(H,16,20). The van der Waals surface area contributed by atoms with Gasteiger partial charge < -0.3 is 0 Å². The van der Waals surface area contributed by atoms with Gasteiger partial charge in [0.25, 0.3) is 5.91 Å². The average Bonchev–Trinajstić information content (AvgIpc) is 2.84. The predicted molar refractivity (Wildman–Crippen MR) is 74.4 cm³/mol. The summed E-state index contributed by atoms with van der Waals surface area (Å²) in [7, 11) is 0. The molecule has 0 aliphatic rings. The molecule has 3 aromatic rings. The number of carbonyl (C=O) groups excluding carboxylic acids is 1. The third-order valence-corrected chi connectivity index (χ3v) is 3.02. The number of nitrogens with zero attached hydrogens (tertiary/aromatic N) is 4. The molecule has 3 heterocycles. The lowest BCUT2D eigenvalue weighted by Gasteiger charge is -2.02. The van der Waals surface area contributed by atoms with E-state index in [-0.39, 0.29) is 12.2 Å². The van der Waals surface area contributed by atoms with Gasteiger partial charge in [0.15, 0.2) is 5.65 Å². The highest BCUT2D eigenvalue weighted by molar-refractivity contribution is 5.93. The number of aromatic nitrogens is 4. The largest absolute Gasteiger partial charge is 0.350 e. The van der Waals surface area contributed by atoms with Gasteiger partial charge in [-0.2, -0.15) is 0 Å². The number of nitrogens with two attached hydrogens (primary N) is 1. The van der Waals surface area contributed by atoms with Gasteiger partial charge in [-0.15, -0.1) is 5.10 Å². The number of pyridine rings is 2. The van der Waals surface area contributed by atoms with Crippen molar-refractivity contribution in [3.05, 3.63) is 64.5 Å². The number of hydrogen-bond acceptors (Lipinski definition) is 5. The molecule has 0 saturated carbocycles. The monoisotopic (exact) mass is 284 g/mol. The lowest BCUT2D eigenvalue weighted by molar-refractivity contribution is 0.0953. The summed E-state index contributed by atoms with van der Waals surface area (Å²) in [5.74, 6) is 4.63. The number of hydrogen-bond donors (Lipinski definition) is 2. The Hall–Kier alpha value is -3.00. The molecule has 0 atom stereocenters. The molecular formula is C13H12N6O2. The number of nitrogens with one attached hydrogen (secondary N) is 1. The maximum atomic E-state index is 12.1. The van der Waals surface area contributed by atoms with E-state index in [1.54, 1.807) is 30.5 Å². The molecule has 3 N–H and O–H groups in total. The van der Waals surface area contributed by atoms with Crippen molar-refractivity contribution in [3.63, 3.8) is 0 Å². The lowest BCUT2D eigenvalue weighted by Crippen LogP contribution is -2.30. The summed E-state index contributed by atoms with van der Waals surface area (Å²) < 4.78 is 2.77. The van der Waals surface area contributed by atoms with Crippen LogP contribution in [-0.4, -0.2) is 25.1 Å². The normalized spacial score (nSPS) is 10.7. The van der Waals surface area contributed by atoms with E-state index in [4.69, 9.17) is 5.84 Å². The molecule has 0 unspecified atom stereocenters. The fourth-order valence-corrected chi connectivity index (χ4v) is 1.96. The first-order chi connectivity index (χ1) is 10.2. The van der Waals surface area contributed by atoms with Crippen LogP contribution >= 0.6 is 0 Å². The fraction of sp³-hybridized carbons (Fsp3) is 0.0769. The molecule has 8 nitrogen and oxygen atoms in total. The molecule has 0 spiro atoms. The van der Waals surface area contributed by atoms with Crippen molar-refractivity contribution in [3.8, 4) is 0 Å². The third kappa shape index (κ3) is 2.39. The summed E-state index contributed by atoms with van der Waals surface area (Å²) in [6, 6.07) is 8.57. The second-order valence-electron chi connectivity index (χ2n) is 4.38. The first-order valence-corrected chi connectivity index (χ1v) is 6.19. The van der Waals surface area contributed by atoms with Crippen LogP contribution in [0.5, 0.6) is 0 Å². The Bertz CT molecular complexity index is 849. The highest BCUT2D eigenvalue weighted by atomic mass is 16.2. The molecule has 0 radical (unpaired) electrons. The van der Waals surface area contributed by atoms with Crippen LogP contribution in [0.25, 0.3) is 5.65 Å². The van der Waals surface area contributed by atoms with Crippen LogP contribution < -0.4 is 17.0 Å². The molecular weight excluding hydrogens is 272 g/mol. The van der Waals surface area contributed by atoms with Crippen molar-refractivity contribution in [2.24, 2.45) is 5.84 Å². The van der Waals surface area contributed by atoms with Gasteiger partial charge in [-0.3, -0.25) is 19.6 Å². The Kier molecular flexibility index (Phi) is 3.20. The molecule has 0 saturated heterocycles. The second-order valence-corrected chi connectivity index (χ2v) is 4.38. The zero-order valence-electron chi connectivity index (χ0n) is 10.9. The van der Waals surface area contributed by atoms with Crippen LogP contribution in [-0.2, 0) is 6.54 Å². The Morgan fingerprint density at radius 3 is 2.81 bits per heavy atom. The molecule has 0 bridgehead atoms. The molecule has 0 aromatic carbocycles. The fourth-order valence-electron chi connectivity index (χ4n) is 1.96. The minimum atomic E-state index is -0.418. The van der Waals surface area contributed by atoms with Gasteiger partial charge in [0.1, 0.15) is 0 Å². The van der Waals surface area contributed by atoms with E-state index < -0.39 is 5.91 Å². The van der Waals surface area contributed by atoms with Gasteiger partial charge in [0, 0.05) is 12.4 Å². The zero-order valence-corrected chi connectivity index (χ0v) is 10.9. The van der Waals surface area contributed by atoms with Crippen LogP contribution in [0.1, 0.15) is 16.1 Å². The van der Waals surface area contributed by atoms with Crippen LogP contribution in [0.2, 0.25) is 0 Å². The summed E-state index contributed by atoms with van der Waals surface area (Å²) in [5.41, 5.74) is 3.33. The van der Waals surface area contributed by atoms with Crippen molar-refractivity contribution >= 4 is 11.6 Å². The molecule has 8 heteroatoms. The molecule has 3 aromatic heterocycles. The van der Waals surface area contributed by atoms with E-state index in [9.17, 15) is 9.59 Å². The summed E-state index contributed by atoms with van der Waals surface area (Å²) in [4.78, 5) is 27.5. The van der Waals surface area contributed by atoms with E-state index in [1.165, 1.54) is 15.3 Å². The SMILES string of the molecule is NNC(=O)c1ccc(Cn2nc3ccccn3c2=O)nc1. The molecule has 0 fully saturated rings. The highest BCUT2D eigenvalue weighted by Crippen LogP contribution is 2.02. The van der Waals surface area contributed by atoms with Gasteiger partial charge >= 0.3 is 5.69 Å². The van der Waals surface area contributed by atoms with Crippen LogP contribution in [0.4, 0.5) is 0 Å². The number of hydrazine groups is 1. The Balaban J connectivity index is 1.90. The smallest absolute Gasteiger partial charge is 0.290 e. The van der Waals surface area contributed by atoms with Crippen molar-refractivity contribution in [1.29, 1.82) is 0 Å². The molecule has 3 rings (SSSR count). The maximum absolute atomic E-state index is 12.1. The van der Waals surface area contributed by atoms with E-state index in [2.05, 4.69) is 10.1 Å². The molecule has 1 amide bonds. The number of fused-ring (bicyclic) bond motifs is 1. The first kappa shape index (κ1) is 13.0. The van der Waals surface area contributed by atoms with Crippen LogP contribution in [0.15, 0.2) is 47.5 Å². The van der Waals surface area contributed by atoms with Crippen LogP contribution in [0, 0.1) is 0 Å². The van der Waals surface area contributed by atoms with E-state index in [1.807, 2.05) is 11.5 Å². The van der Waals surface area contributed by atoms with Crippen LogP contribution in [0.3, 0.4) is 0 Å². The summed E-state index contributed by atoms with van der Waals surface area (Å²) in [6.45, 7) is 0.227. The molecule has 0 aliphatic heterocycles. The highest BCUT2D eigenvalue weighted by Gasteiger charge is 2.08. The van der Waals surface area contributed by atoms with Crippen molar-refractivity contribution in [2.75, 3.05) is 0 Å². The Morgan fingerprint density at radius 1 is 1.29 bits per heavy atom. The van der Waals surface area contributed by atoms with Gasteiger partial charge in [-0.25, -0.2) is 15.3 Å². The average molecular weight is 284 g/mol. The van der Waals surface area contributed by atoms with Crippen molar-refractivity contribution < 1.29 is 4.79 Å². The van der Waals surface area contributed by atoms with E-state index in [0.29, 0.717) is 16.9 Å². The maximum Gasteiger partial charge on any atom is 0.350 e.